The molecule has 0 N–H and O–H groups in total. The number of allylic oxidation sites excluding steroid dienone is 5. The first-order valence-corrected chi connectivity index (χ1v) is 11.3. The van der Waals surface area contributed by atoms with Gasteiger partial charge in [-0.3, -0.25) is 4.79 Å². The molecule has 0 unspecified atom stereocenters. The molecule has 2 heteroatoms. The number of rotatable bonds is 1. The summed E-state index contributed by atoms with van der Waals surface area (Å²) in [5.74, 6) is 0.274. The number of carbonyl (C=O) groups is 1. The van der Waals surface area contributed by atoms with Crippen molar-refractivity contribution in [3.63, 3.8) is 0 Å². The van der Waals surface area contributed by atoms with Gasteiger partial charge >= 0.3 is 0 Å². The largest absolute Gasteiger partial charge is 0.872 e. The molecule has 0 amide bonds. The summed E-state index contributed by atoms with van der Waals surface area (Å²) in [4.78, 5) is 13.2. The van der Waals surface area contributed by atoms with Crippen molar-refractivity contribution < 1.29 is 9.90 Å². The number of benzene rings is 1. The summed E-state index contributed by atoms with van der Waals surface area (Å²) in [5, 5.41) is 13.2. The van der Waals surface area contributed by atoms with Gasteiger partial charge < -0.3 is 5.11 Å². The molecule has 2 rings (SSSR count). The zero-order valence-corrected chi connectivity index (χ0v) is 21.7. The highest BCUT2D eigenvalue weighted by Gasteiger charge is 2.34. The highest BCUT2D eigenvalue weighted by atomic mass is 16.3. The molecule has 1 aromatic rings. The van der Waals surface area contributed by atoms with E-state index in [1.165, 1.54) is 0 Å². The second-order valence-corrected chi connectivity index (χ2v) is 13.0. The third-order valence-electron chi connectivity index (χ3n) is 5.79. The molecule has 0 saturated carbocycles. The molecule has 0 bridgehead atoms. The third kappa shape index (κ3) is 5.59. The van der Waals surface area contributed by atoms with Crippen molar-refractivity contribution in [3.8, 4) is 5.75 Å². The Morgan fingerprint density at radius 3 is 1.29 bits per heavy atom. The van der Waals surface area contributed by atoms with Gasteiger partial charge in [0.1, 0.15) is 0 Å². The van der Waals surface area contributed by atoms with Crippen molar-refractivity contribution in [1.29, 1.82) is 0 Å². The zero-order chi connectivity index (χ0) is 24.2. The molecule has 0 saturated heterocycles. The molecule has 31 heavy (non-hydrogen) atoms. The Kier molecular flexibility index (Phi) is 6.33. The quantitative estimate of drug-likeness (QED) is 0.478. The lowest BCUT2D eigenvalue weighted by atomic mass is 9.71. The van der Waals surface area contributed by atoms with Crippen LogP contribution in [0, 0.1) is 10.8 Å². The van der Waals surface area contributed by atoms with Crippen LogP contribution in [0.5, 0.6) is 5.75 Å². The van der Waals surface area contributed by atoms with Crippen LogP contribution in [0.25, 0.3) is 6.08 Å². The first-order chi connectivity index (χ1) is 13.7. The van der Waals surface area contributed by atoms with E-state index in [1.54, 1.807) is 0 Å². The highest BCUT2D eigenvalue weighted by Crippen LogP contribution is 2.41. The molecular weight excluding hydrogens is 380 g/mol. The Morgan fingerprint density at radius 1 is 0.645 bits per heavy atom. The fourth-order valence-corrected chi connectivity index (χ4v) is 3.89. The summed E-state index contributed by atoms with van der Waals surface area (Å²) in [5.41, 5.74) is 4.37. The second-order valence-electron chi connectivity index (χ2n) is 13.0. The predicted molar refractivity (Wildman–Crippen MR) is 131 cm³/mol. The molecule has 0 aromatic heterocycles. The third-order valence-corrected chi connectivity index (χ3v) is 5.79. The van der Waals surface area contributed by atoms with E-state index in [-0.39, 0.29) is 33.2 Å². The molecular formula is C29H41O2-. The van der Waals surface area contributed by atoms with E-state index in [0.717, 1.165) is 33.4 Å². The summed E-state index contributed by atoms with van der Waals surface area (Å²) < 4.78 is 0. The summed E-state index contributed by atoms with van der Waals surface area (Å²) in [6.07, 6.45) is 6.17. The summed E-state index contributed by atoms with van der Waals surface area (Å²) in [6.45, 7) is 25.0. The van der Waals surface area contributed by atoms with Crippen molar-refractivity contribution in [2.45, 2.75) is 93.9 Å². The Labute approximate surface area is 190 Å². The minimum Gasteiger partial charge on any atom is -0.872 e. The van der Waals surface area contributed by atoms with Gasteiger partial charge in [-0.2, -0.15) is 0 Å². The van der Waals surface area contributed by atoms with Crippen molar-refractivity contribution in [2.75, 3.05) is 0 Å². The molecule has 0 atom stereocenters. The van der Waals surface area contributed by atoms with Crippen LogP contribution in [0.4, 0.5) is 0 Å². The van der Waals surface area contributed by atoms with Gasteiger partial charge in [-0.25, -0.2) is 0 Å². The second kappa shape index (κ2) is 7.80. The van der Waals surface area contributed by atoms with E-state index >= 15 is 0 Å². The van der Waals surface area contributed by atoms with Crippen molar-refractivity contribution in [3.05, 3.63) is 57.7 Å². The Balaban J connectivity index is 2.81. The fourth-order valence-electron chi connectivity index (χ4n) is 3.89. The average molecular weight is 422 g/mol. The van der Waals surface area contributed by atoms with E-state index in [4.69, 9.17) is 0 Å². The smallest absolute Gasteiger partial charge is 0.186 e. The van der Waals surface area contributed by atoms with Crippen molar-refractivity contribution in [2.24, 2.45) is 10.8 Å². The van der Waals surface area contributed by atoms with Gasteiger partial charge in [-0.15, -0.1) is 5.75 Å². The molecule has 0 fully saturated rings. The maximum Gasteiger partial charge on any atom is 0.186 e. The summed E-state index contributed by atoms with van der Waals surface area (Å²) in [6, 6.07) is 4.05. The van der Waals surface area contributed by atoms with E-state index in [0.29, 0.717) is 0 Å². The first-order valence-electron chi connectivity index (χ1n) is 11.3. The molecule has 0 spiro atoms. The van der Waals surface area contributed by atoms with E-state index in [2.05, 4.69) is 89.2 Å². The average Bonchev–Trinajstić information content (AvgIpc) is 2.53. The molecule has 1 aromatic carbocycles. The van der Waals surface area contributed by atoms with Crippen LogP contribution in [0.2, 0.25) is 0 Å². The van der Waals surface area contributed by atoms with Gasteiger partial charge in [0, 0.05) is 11.1 Å². The molecule has 0 aliphatic heterocycles. The topological polar surface area (TPSA) is 40.1 Å². The zero-order valence-electron chi connectivity index (χ0n) is 21.7. The van der Waals surface area contributed by atoms with E-state index in [9.17, 15) is 9.90 Å². The standard InChI is InChI=1S/C29H42O2/c1-26(2,3)20-14-18(15-21(24(20)30)27(4,5)6)13-19-16-22(28(7,8)9)25(31)23(17-19)29(10,11)12/h13-17,30H,1-12H3/p-1. The Morgan fingerprint density at radius 2 is 1.00 bits per heavy atom. The maximum absolute atomic E-state index is 13.2. The van der Waals surface area contributed by atoms with Crippen LogP contribution in [-0.2, 0) is 15.6 Å². The monoisotopic (exact) mass is 421 g/mol. The van der Waals surface area contributed by atoms with Crippen molar-refractivity contribution >= 4 is 11.9 Å². The lowest BCUT2D eigenvalue weighted by Crippen LogP contribution is -2.27. The van der Waals surface area contributed by atoms with Crippen LogP contribution in [-0.4, -0.2) is 5.78 Å². The van der Waals surface area contributed by atoms with Crippen LogP contribution >= 0.6 is 0 Å². The number of carbonyl (C=O) groups excluding carboxylic acids is 1. The highest BCUT2D eigenvalue weighted by molar-refractivity contribution is 6.12. The minimum absolute atomic E-state index is 0.137. The van der Waals surface area contributed by atoms with Gasteiger partial charge in [-0.1, -0.05) is 95.2 Å². The van der Waals surface area contributed by atoms with Gasteiger partial charge in [0.05, 0.1) is 0 Å². The van der Waals surface area contributed by atoms with Gasteiger partial charge in [0.25, 0.3) is 0 Å². The predicted octanol–water partition coefficient (Wildman–Crippen LogP) is 7.27. The molecule has 1 aliphatic carbocycles. The van der Waals surface area contributed by atoms with Crippen LogP contribution in [0.15, 0.2) is 41.0 Å². The molecule has 0 radical (unpaired) electrons. The van der Waals surface area contributed by atoms with Crippen molar-refractivity contribution in [1.82, 2.24) is 0 Å². The summed E-state index contributed by atoms with van der Waals surface area (Å²) in [7, 11) is 0. The van der Waals surface area contributed by atoms with Crippen LogP contribution < -0.4 is 5.11 Å². The number of Topliss-reactive ketones (excluding diaryl/α,β-unsaturated/α-hetero) is 1. The Hall–Kier alpha value is -2.09. The van der Waals surface area contributed by atoms with Gasteiger partial charge in [0.2, 0.25) is 0 Å². The fraction of sp³-hybridized carbons (Fsp3) is 0.552. The molecule has 170 valence electrons. The Bertz CT molecular complexity index is 899. The van der Waals surface area contributed by atoms with Gasteiger partial charge in [0.15, 0.2) is 5.78 Å². The number of ketones is 1. The molecule has 2 nitrogen and oxygen atoms in total. The SMILES string of the molecule is CC(C)(C)C1=CC(=Cc2cc(C(C)(C)C)c([O-])c(C(C)(C)C)c2)C=C(C(C)(C)C)C1=O. The van der Waals surface area contributed by atoms with E-state index < -0.39 is 0 Å². The van der Waals surface area contributed by atoms with Crippen LogP contribution in [0.3, 0.4) is 0 Å². The lowest BCUT2D eigenvalue weighted by Gasteiger charge is -2.34. The molecule has 0 heterocycles. The van der Waals surface area contributed by atoms with E-state index in [1.807, 2.05) is 24.3 Å². The minimum atomic E-state index is -0.243. The molecule has 1 aliphatic rings. The maximum atomic E-state index is 13.2. The number of hydrogen-bond donors (Lipinski definition) is 0. The lowest BCUT2D eigenvalue weighted by molar-refractivity contribution is -0.271. The number of hydrogen-bond acceptors (Lipinski definition) is 2. The first kappa shape index (κ1) is 25.2. The van der Waals surface area contributed by atoms with Gasteiger partial charge in [-0.05, 0) is 62.2 Å². The normalized spacial score (nSPS) is 16.3. The summed E-state index contributed by atoms with van der Waals surface area (Å²) >= 11 is 0. The van der Waals surface area contributed by atoms with Crippen LogP contribution in [0.1, 0.15) is 99.8 Å².